The van der Waals surface area contributed by atoms with Gasteiger partial charge in [0.05, 0.1) is 7.11 Å². The summed E-state index contributed by atoms with van der Waals surface area (Å²) in [7, 11) is 1.72. The Morgan fingerprint density at radius 2 is 1.74 bits per heavy atom. The van der Waals surface area contributed by atoms with Crippen LogP contribution >= 0.6 is 0 Å². The molecule has 0 spiro atoms. The first-order valence-electron chi connectivity index (χ1n) is 17.5. The summed E-state index contributed by atoms with van der Waals surface area (Å²) in [6.07, 6.45) is 8.53. The molecule has 2 aromatic heterocycles. The Hall–Kier alpha value is -3.88. The van der Waals surface area contributed by atoms with Crippen molar-refractivity contribution in [2.75, 3.05) is 31.6 Å². The first-order chi connectivity index (χ1) is 22.7. The van der Waals surface area contributed by atoms with Crippen LogP contribution in [0.25, 0.3) is 11.3 Å². The van der Waals surface area contributed by atoms with E-state index in [-0.39, 0.29) is 29.9 Å². The van der Waals surface area contributed by atoms with Crippen LogP contribution in [0.4, 0.5) is 10.6 Å². The Balaban J connectivity index is 1.15. The maximum atomic E-state index is 14.3. The van der Waals surface area contributed by atoms with Crippen LogP contribution in [-0.2, 0) is 9.53 Å². The third-order valence-corrected chi connectivity index (χ3v) is 10.5. The van der Waals surface area contributed by atoms with Gasteiger partial charge in [0, 0.05) is 49.3 Å². The van der Waals surface area contributed by atoms with Crippen molar-refractivity contribution in [1.29, 1.82) is 0 Å². The molecule has 1 saturated heterocycles. The van der Waals surface area contributed by atoms with Crippen molar-refractivity contribution in [3.63, 3.8) is 0 Å². The second kappa shape index (κ2) is 14.5. The minimum absolute atomic E-state index is 0.118. The fraction of sp³-hybridized carbons (Fsp3) is 0.579. The molecule has 0 radical (unpaired) electrons. The van der Waals surface area contributed by atoms with Gasteiger partial charge in [0.25, 0.3) is 0 Å². The number of ether oxygens (including phenoxy) is 2. The highest BCUT2D eigenvalue weighted by molar-refractivity contribution is 5.94. The van der Waals surface area contributed by atoms with Crippen LogP contribution in [0.15, 0.2) is 47.1 Å². The molecule has 9 heteroatoms. The molecule has 3 fully saturated rings. The van der Waals surface area contributed by atoms with Crippen molar-refractivity contribution in [2.45, 2.75) is 97.0 Å². The van der Waals surface area contributed by atoms with Crippen molar-refractivity contribution in [2.24, 2.45) is 17.8 Å². The van der Waals surface area contributed by atoms with E-state index in [0.29, 0.717) is 55.8 Å². The zero-order chi connectivity index (χ0) is 33.1. The van der Waals surface area contributed by atoms with Crippen LogP contribution in [0.5, 0.6) is 5.75 Å². The highest BCUT2D eigenvalue weighted by atomic mass is 16.6. The molecule has 252 valence electrons. The molecule has 6 rings (SSSR count). The normalized spacial score (nSPS) is 23.3. The maximum absolute atomic E-state index is 14.3. The molecule has 1 aliphatic heterocycles. The fourth-order valence-corrected chi connectivity index (χ4v) is 7.52. The minimum atomic E-state index is -0.214. The van der Waals surface area contributed by atoms with Gasteiger partial charge >= 0.3 is 6.09 Å². The lowest BCUT2D eigenvalue weighted by Crippen LogP contribution is -2.50. The number of amides is 2. The van der Waals surface area contributed by atoms with E-state index in [4.69, 9.17) is 19.0 Å². The third kappa shape index (κ3) is 7.65. The molecule has 3 aliphatic rings. The van der Waals surface area contributed by atoms with E-state index in [1.54, 1.807) is 18.2 Å². The standard InChI is InChI=1S/C38H50N4O5/c1-24(2)35-20-33(40-47-35)31-16-17-39-36(19-31)42(23-27-6-8-28(9-7-27)30-12-15-34(45-5)26(4)18-30)37(43)29-10-13-32(14-11-29)46-38(44)41-21-25(3)22-41/h12,15-20,24-25,27-29,32H,6-11,13-14,21-23H2,1-5H3. The SMILES string of the molecule is COc1ccc(C2CCC(CN(C(=O)C3CCC(OC(=O)N4CC(C)C4)CC3)c3cc(-c4cc(C(C)C)on4)ccn3)CC2)cc1C. The van der Waals surface area contributed by atoms with Crippen LogP contribution in [-0.4, -0.2) is 59.9 Å². The second-order valence-electron chi connectivity index (χ2n) is 14.4. The Morgan fingerprint density at radius 1 is 1.00 bits per heavy atom. The van der Waals surface area contributed by atoms with Gasteiger partial charge < -0.3 is 18.9 Å². The molecule has 3 heterocycles. The quantitative estimate of drug-likeness (QED) is 0.232. The van der Waals surface area contributed by atoms with Crippen molar-refractivity contribution in [3.8, 4) is 17.0 Å². The number of pyridine rings is 1. The van der Waals surface area contributed by atoms with Gasteiger partial charge in [0.1, 0.15) is 29.1 Å². The maximum Gasteiger partial charge on any atom is 0.410 e. The van der Waals surface area contributed by atoms with E-state index in [1.165, 1.54) is 11.1 Å². The summed E-state index contributed by atoms with van der Waals surface area (Å²) in [6.45, 7) is 10.6. The first kappa shape index (κ1) is 33.0. The van der Waals surface area contributed by atoms with Gasteiger partial charge in [-0.15, -0.1) is 0 Å². The van der Waals surface area contributed by atoms with E-state index in [2.05, 4.69) is 51.1 Å². The average Bonchev–Trinajstić information content (AvgIpc) is 3.57. The number of hydrogen-bond donors (Lipinski definition) is 0. The van der Waals surface area contributed by atoms with Crippen molar-refractivity contribution >= 4 is 17.8 Å². The number of benzene rings is 1. The molecule has 2 aliphatic carbocycles. The van der Waals surface area contributed by atoms with Crippen molar-refractivity contribution in [3.05, 3.63) is 59.5 Å². The lowest BCUT2D eigenvalue weighted by Gasteiger charge is -2.38. The number of carbonyl (C=O) groups excluding carboxylic acids is 2. The van der Waals surface area contributed by atoms with Crippen LogP contribution in [0.2, 0.25) is 0 Å². The van der Waals surface area contributed by atoms with Crippen LogP contribution < -0.4 is 9.64 Å². The highest BCUT2D eigenvalue weighted by Crippen LogP contribution is 2.39. The number of nitrogens with zero attached hydrogens (tertiary/aromatic N) is 4. The Labute approximate surface area is 279 Å². The molecule has 0 bridgehead atoms. The molecule has 2 saturated carbocycles. The molecule has 47 heavy (non-hydrogen) atoms. The predicted molar refractivity (Wildman–Crippen MR) is 182 cm³/mol. The number of rotatable bonds is 9. The van der Waals surface area contributed by atoms with Crippen molar-refractivity contribution < 1.29 is 23.6 Å². The molecule has 0 atom stereocenters. The number of methoxy groups -OCH3 is 1. The number of aryl methyl sites for hydroxylation is 1. The monoisotopic (exact) mass is 642 g/mol. The van der Waals surface area contributed by atoms with Crippen LogP contribution in [0.1, 0.15) is 101 Å². The van der Waals surface area contributed by atoms with E-state index in [1.807, 2.05) is 23.1 Å². The van der Waals surface area contributed by atoms with Gasteiger partial charge in [-0.3, -0.25) is 9.69 Å². The second-order valence-corrected chi connectivity index (χ2v) is 14.4. The van der Waals surface area contributed by atoms with Gasteiger partial charge in [-0.1, -0.05) is 38.1 Å². The Kier molecular flexibility index (Phi) is 10.2. The summed E-state index contributed by atoms with van der Waals surface area (Å²) in [5.74, 6) is 4.08. The largest absolute Gasteiger partial charge is 0.496 e. The lowest BCUT2D eigenvalue weighted by atomic mass is 9.78. The summed E-state index contributed by atoms with van der Waals surface area (Å²) in [5, 5.41) is 4.31. The van der Waals surface area contributed by atoms with Crippen molar-refractivity contribution in [1.82, 2.24) is 15.0 Å². The van der Waals surface area contributed by atoms with Gasteiger partial charge in [0.15, 0.2) is 0 Å². The minimum Gasteiger partial charge on any atom is -0.496 e. The molecule has 2 amide bonds. The molecule has 3 aromatic rings. The lowest BCUT2D eigenvalue weighted by molar-refractivity contribution is -0.124. The summed E-state index contributed by atoms with van der Waals surface area (Å²) in [5.41, 5.74) is 4.18. The van der Waals surface area contributed by atoms with Gasteiger partial charge in [-0.05, 0) is 105 Å². The number of likely N-dealkylation sites (tertiary alicyclic amines) is 1. The van der Waals surface area contributed by atoms with E-state index in [9.17, 15) is 9.59 Å². The number of carbonyl (C=O) groups is 2. The third-order valence-electron chi connectivity index (χ3n) is 10.5. The van der Waals surface area contributed by atoms with Crippen LogP contribution in [0, 0.1) is 24.7 Å². The predicted octanol–water partition coefficient (Wildman–Crippen LogP) is 8.13. The Bertz CT molecular complexity index is 1530. The average molecular weight is 643 g/mol. The van der Waals surface area contributed by atoms with Crippen LogP contribution in [0.3, 0.4) is 0 Å². The summed E-state index contributed by atoms with van der Waals surface area (Å²) >= 11 is 0. The number of aromatic nitrogens is 2. The first-order valence-corrected chi connectivity index (χ1v) is 17.5. The van der Waals surface area contributed by atoms with Gasteiger partial charge in [-0.2, -0.15) is 0 Å². The molecule has 1 aromatic carbocycles. The zero-order valence-corrected chi connectivity index (χ0v) is 28.6. The van der Waals surface area contributed by atoms with Gasteiger partial charge in [-0.25, -0.2) is 9.78 Å². The summed E-state index contributed by atoms with van der Waals surface area (Å²) in [4.78, 5) is 35.3. The molecule has 0 N–H and O–H groups in total. The Morgan fingerprint density at radius 3 is 2.38 bits per heavy atom. The molecular formula is C38H50N4O5. The topological polar surface area (TPSA) is 98.0 Å². The molecular weight excluding hydrogens is 592 g/mol. The zero-order valence-electron chi connectivity index (χ0n) is 28.6. The molecule has 0 unspecified atom stereocenters. The van der Waals surface area contributed by atoms with Gasteiger partial charge in [0.2, 0.25) is 5.91 Å². The highest BCUT2D eigenvalue weighted by Gasteiger charge is 2.36. The number of anilines is 1. The summed E-state index contributed by atoms with van der Waals surface area (Å²) < 4.78 is 16.9. The summed E-state index contributed by atoms with van der Waals surface area (Å²) in [6, 6.07) is 12.4. The molecule has 9 nitrogen and oxygen atoms in total. The number of hydrogen-bond acceptors (Lipinski definition) is 7. The van der Waals surface area contributed by atoms with E-state index >= 15 is 0 Å². The van der Waals surface area contributed by atoms with E-state index in [0.717, 1.165) is 61.5 Å². The fourth-order valence-electron chi connectivity index (χ4n) is 7.52. The van der Waals surface area contributed by atoms with E-state index < -0.39 is 0 Å². The smallest absolute Gasteiger partial charge is 0.410 e.